The summed E-state index contributed by atoms with van der Waals surface area (Å²) in [6, 6.07) is 0. The highest BCUT2D eigenvalue weighted by Crippen LogP contribution is 1.95. The molecule has 1 heterocycles. The van der Waals surface area contributed by atoms with Crippen molar-refractivity contribution in [2.45, 2.75) is 6.42 Å². The van der Waals surface area contributed by atoms with E-state index in [1.54, 1.807) is 0 Å². The Bertz CT molecular complexity index is 242. The van der Waals surface area contributed by atoms with Crippen LogP contribution in [0.15, 0.2) is 0 Å². The van der Waals surface area contributed by atoms with Crippen molar-refractivity contribution in [1.29, 1.82) is 0 Å². The Morgan fingerprint density at radius 3 is 3.00 bits per heavy atom. The predicted octanol–water partition coefficient (Wildman–Crippen LogP) is -1.03. The summed E-state index contributed by atoms with van der Waals surface area (Å²) in [5, 5.41) is 2.65. The van der Waals surface area contributed by atoms with Gasteiger partial charge in [-0.25, -0.2) is 0 Å². The number of amides is 2. The minimum atomic E-state index is -0.341. The van der Waals surface area contributed by atoms with Gasteiger partial charge in [-0.15, -0.1) is 6.42 Å². The van der Waals surface area contributed by atoms with E-state index in [1.165, 1.54) is 4.90 Å². The first-order chi connectivity index (χ1) is 5.74. The summed E-state index contributed by atoms with van der Waals surface area (Å²) in [6.07, 6.45) is 5.28. The molecule has 4 nitrogen and oxygen atoms in total. The van der Waals surface area contributed by atoms with E-state index in [-0.39, 0.29) is 11.8 Å². The molecule has 0 bridgehead atoms. The summed E-state index contributed by atoms with van der Waals surface area (Å²) in [6.45, 7) is 1.43. The van der Waals surface area contributed by atoms with Gasteiger partial charge in [0.2, 0.25) is 5.91 Å². The first-order valence-electron chi connectivity index (χ1n) is 3.76. The maximum absolute atomic E-state index is 11.0. The maximum Gasteiger partial charge on any atom is 0.298 e. The lowest BCUT2D eigenvalue weighted by molar-refractivity contribution is -0.125. The van der Waals surface area contributed by atoms with E-state index >= 15 is 0 Å². The molecule has 0 aliphatic carbocycles. The molecule has 0 atom stereocenters. The van der Waals surface area contributed by atoms with Gasteiger partial charge in [0.05, 0.1) is 0 Å². The molecule has 0 unspecified atom stereocenters. The number of rotatable bonds is 0. The number of hydrogen-bond donors (Lipinski definition) is 1. The number of hydrogen-bond acceptors (Lipinski definition) is 2. The van der Waals surface area contributed by atoms with Crippen molar-refractivity contribution >= 4 is 11.8 Å². The van der Waals surface area contributed by atoms with Crippen LogP contribution in [0.25, 0.3) is 0 Å². The quantitative estimate of drug-likeness (QED) is 0.468. The van der Waals surface area contributed by atoms with Gasteiger partial charge in [0, 0.05) is 26.1 Å². The van der Waals surface area contributed by atoms with Crippen LogP contribution in [0.4, 0.5) is 0 Å². The van der Waals surface area contributed by atoms with Gasteiger partial charge in [-0.05, 0) is 5.92 Å². The minimum Gasteiger partial charge on any atom is -0.354 e. The van der Waals surface area contributed by atoms with E-state index in [9.17, 15) is 9.59 Å². The lowest BCUT2D eigenvalue weighted by Gasteiger charge is -2.15. The summed E-state index contributed by atoms with van der Waals surface area (Å²) in [5.74, 6) is 1.66. The standard InChI is InChI=1S/C8H10N2O2/c1-2-8(12)10-5-3-7(11)9-4-6-10/h1H,3-6H2,(H,9,11). The number of nitrogens with zero attached hydrogens (tertiary/aromatic N) is 1. The largest absolute Gasteiger partial charge is 0.354 e. The topological polar surface area (TPSA) is 49.4 Å². The monoisotopic (exact) mass is 166 g/mol. The van der Waals surface area contributed by atoms with Gasteiger partial charge in [-0.3, -0.25) is 9.59 Å². The Morgan fingerprint density at radius 1 is 1.58 bits per heavy atom. The van der Waals surface area contributed by atoms with Crippen LogP contribution in [-0.2, 0) is 9.59 Å². The van der Waals surface area contributed by atoms with E-state index in [2.05, 4.69) is 5.32 Å². The van der Waals surface area contributed by atoms with Gasteiger partial charge in [0.1, 0.15) is 0 Å². The first kappa shape index (κ1) is 8.60. The van der Waals surface area contributed by atoms with Crippen molar-refractivity contribution < 1.29 is 9.59 Å². The second kappa shape index (κ2) is 3.77. The third-order valence-corrected chi connectivity index (χ3v) is 1.72. The average Bonchev–Trinajstić information content (AvgIpc) is 2.29. The third kappa shape index (κ3) is 1.99. The second-order valence-electron chi connectivity index (χ2n) is 2.54. The van der Waals surface area contributed by atoms with Crippen molar-refractivity contribution in [2.24, 2.45) is 0 Å². The molecule has 64 valence electrons. The zero-order chi connectivity index (χ0) is 8.97. The van der Waals surface area contributed by atoms with Gasteiger partial charge < -0.3 is 10.2 Å². The molecule has 0 aromatic heterocycles. The second-order valence-corrected chi connectivity index (χ2v) is 2.54. The van der Waals surface area contributed by atoms with Crippen molar-refractivity contribution in [3.63, 3.8) is 0 Å². The molecule has 4 heteroatoms. The fourth-order valence-electron chi connectivity index (χ4n) is 1.06. The summed E-state index contributed by atoms with van der Waals surface area (Å²) in [7, 11) is 0. The van der Waals surface area contributed by atoms with Crippen LogP contribution in [0.3, 0.4) is 0 Å². The number of nitrogens with one attached hydrogen (secondary N) is 1. The van der Waals surface area contributed by atoms with Crippen LogP contribution >= 0.6 is 0 Å². The third-order valence-electron chi connectivity index (χ3n) is 1.72. The average molecular weight is 166 g/mol. The molecule has 0 spiro atoms. The first-order valence-corrected chi connectivity index (χ1v) is 3.76. The van der Waals surface area contributed by atoms with E-state index in [4.69, 9.17) is 6.42 Å². The van der Waals surface area contributed by atoms with Crippen LogP contribution in [0.5, 0.6) is 0 Å². The Kier molecular flexibility index (Phi) is 2.70. The summed E-state index contributed by atoms with van der Waals surface area (Å²) >= 11 is 0. The highest BCUT2D eigenvalue weighted by molar-refractivity contribution is 5.93. The van der Waals surface area contributed by atoms with Gasteiger partial charge in [0.15, 0.2) is 0 Å². The number of terminal acetylenes is 1. The summed E-state index contributed by atoms with van der Waals surface area (Å²) < 4.78 is 0. The van der Waals surface area contributed by atoms with E-state index in [1.807, 2.05) is 5.92 Å². The van der Waals surface area contributed by atoms with E-state index in [0.717, 1.165) is 0 Å². The van der Waals surface area contributed by atoms with E-state index in [0.29, 0.717) is 26.1 Å². The van der Waals surface area contributed by atoms with Crippen LogP contribution in [0, 0.1) is 12.3 Å². The fraction of sp³-hybridized carbons (Fsp3) is 0.500. The molecule has 1 rings (SSSR count). The van der Waals surface area contributed by atoms with Crippen LogP contribution in [0.1, 0.15) is 6.42 Å². The molecule has 1 aliphatic heterocycles. The molecule has 1 saturated heterocycles. The smallest absolute Gasteiger partial charge is 0.298 e. The Morgan fingerprint density at radius 2 is 2.33 bits per heavy atom. The van der Waals surface area contributed by atoms with Crippen LogP contribution in [-0.4, -0.2) is 36.3 Å². The molecule has 12 heavy (non-hydrogen) atoms. The highest BCUT2D eigenvalue weighted by Gasteiger charge is 2.15. The number of carbonyl (C=O) groups is 2. The molecule has 0 radical (unpaired) electrons. The Balaban J connectivity index is 2.52. The molecule has 2 amide bonds. The molecule has 0 aromatic carbocycles. The van der Waals surface area contributed by atoms with Gasteiger partial charge in [-0.2, -0.15) is 0 Å². The normalized spacial score (nSPS) is 17.6. The van der Waals surface area contributed by atoms with Gasteiger partial charge in [-0.1, -0.05) is 0 Å². The molecular weight excluding hydrogens is 156 g/mol. The van der Waals surface area contributed by atoms with E-state index < -0.39 is 0 Å². The molecule has 1 fully saturated rings. The molecular formula is C8H10N2O2. The van der Waals surface area contributed by atoms with Crippen molar-refractivity contribution in [3.8, 4) is 12.3 Å². The number of carbonyl (C=O) groups excluding carboxylic acids is 2. The lowest BCUT2D eigenvalue weighted by Crippen LogP contribution is -2.33. The summed E-state index contributed by atoms with van der Waals surface area (Å²) in [4.78, 5) is 23.3. The maximum atomic E-state index is 11.0. The van der Waals surface area contributed by atoms with Crippen LogP contribution in [0.2, 0.25) is 0 Å². The minimum absolute atomic E-state index is 0.0256. The van der Waals surface area contributed by atoms with Gasteiger partial charge in [0.25, 0.3) is 5.91 Å². The lowest BCUT2D eigenvalue weighted by atomic mass is 10.4. The zero-order valence-corrected chi connectivity index (χ0v) is 6.67. The van der Waals surface area contributed by atoms with Crippen molar-refractivity contribution in [1.82, 2.24) is 10.2 Å². The molecule has 1 aliphatic rings. The zero-order valence-electron chi connectivity index (χ0n) is 6.67. The highest BCUT2D eigenvalue weighted by atomic mass is 16.2. The SMILES string of the molecule is C#CC(=O)N1CCNC(=O)CC1. The molecule has 1 N–H and O–H groups in total. The predicted molar refractivity (Wildman–Crippen MR) is 43.0 cm³/mol. The Hall–Kier alpha value is -1.50. The van der Waals surface area contributed by atoms with Crippen LogP contribution < -0.4 is 5.32 Å². The molecule has 0 aromatic rings. The summed E-state index contributed by atoms with van der Waals surface area (Å²) in [5.41, 5.74) is 0. The van der Waals surface area contributed by atoms with Crippen molar-refractivity contribution in [2.75, 3.05) is 19.6 Å². The van der Waals surface area contributed by atoms with Crippen molar-refractivity contribution in [3.05, 3.63) is 0 Å². The Labute approximate surface area is 70.9 Å². The fourth-order valence-corrected chi connectivity index (χ4v) is 1.06. The van der Waals surface area contributed by atoms with Gasteiger partial charge >= 0.3 is 0 Å². The molecule has 0 saturated carbocycles.